The number of rotatable bonds is 4. The van der Waals surface area contributed by atoms with Gasteiger partial charge in [0.05, 0.1) is 27.6 Å². The molecule has 3 aromatic heterocycles. The minimum atomic E-state index is 0.686. The molecule has 0 N–H and O–H groups in total. The van der Waals surface area contributed by atoms with Gasteiger partial charge in [0, 0.05) is 32.9 Å². The van der Waals surface area contributed by atoms with Crippen LogP contribution in [0.3, 0.4) is 0 Å². The summed E-state index contributed by atoms with van der Waals surface area (Å²) in [5.41, 5.74) is 8.92. The normalized spacial score (nSPS) is 11.6. The van der Waals surface area contributed by atoms with E-state index in [1.54, 1.807) is 0 Å². The van der Waals surface area contributed by atoms with Crippen molar-refractivity contribution in [3.05, 3.63) is 158 Å². The fraction of sp³-hybridized carbons (Fsp3) is 0. The molecular weight excluding hydrogens is 538 g/mol. The summed E-state index contributed by atoms with van der Waals surface area (Å²) in [7, 11) is 0. The molecule has 0 unspecified atom stereocenters. The largest absolute Gasteiger partial charge is 0.309 e. The summed E-state index contributed by atoms with van der Waals surface area (Å²) in [4.78, 5) is 9.44. The van der Waals surface area contributed by atoms with E-state index in [-0.39, 0.29) is 0 Å². The van der Waals surface area contributed by atoms with E-state index in [1.807, 2.05) is 47.6 Å². The summed E-state index contributed by atoms with van der Waals surface area (Å²) < 4.78 is 6.67. The van der Waals surface area contributed by atoms with E-state index >= 15 is 0 Å². The van der Waals surface area contributed by atoms with Crippen molar-refractivity contribution in [1.82, 2.24) is 19.1 Å². The first kappa shape index (κ1) is 24.5. The third kappa shape index (κ3) is 3.76. The Morgan fingerprint density at radius 1 is 0.409 bits per heavy atom. The van der Waals surface area contributed by atoms with Gasteiger partial charge in [0.15, 0.2) is 0 Å². The Hall–Kier alpha value is -6.07. The van der Waals surface area contributed by atoms with E-state index in [0.717, 1.165) is 28.1 Å². The second kappa shape index (κ2) is 9.75. The molecular formula is C39H26N5+. The molecule has 5 heteroatoms. The number of benzene rings is 6. The van der Waals surface area contributed by atoms with Crippen LogP contribution in [0, 0.1) is 0 Å². The lowest BCUT2D eigenvalue weighted by molar-refractivity contribution is -0.602. The van der Waals surface area contributed by atoms with Crippen molar-refractivity contribution in [2.75, 3.05) is 0 Å². The Bertz CT molecular complexity index is 2470. The van der Waals surface area contributed by atoms with E-state index in [4.69, 9.17) is 9.97 Å². The molecule has 0 amide bonds. The molecule has 0 atom stereocenters. The first-order valence-electron chi connectivity index (χ1n) is 14.7. The van der Waals surface area contributed by atoms with Crippen LogP contribution >= 0.6 is 0 Å². The maximum absolute atomic E-state index is 4.72. The molecule has 9 aromatic rings. The second-order valence-corrected chi connectivity index (χ2v) is 11.0. The van der Waals surface area contributed by atoms with Crippen molar-refractivity contribution in [1.29, 1.82) is 0 Å². The minimum Gasteiger partial charge on any atom is -0.309 e. The molecule has 0 aliphatic carbocycles. The maximum atomic E-state index is 4.72. The van der Waals surface area contributed by atoms with Crippen LogP contribution in [-0.4, -0.2) is 19.1 Å². The van der Waals surface area contributed by atoms with Gasteiger partial charge in [0.2, 0.25) is 12.7 Å². The van der Waals surface area contributed by atoms with Gasteiger partial charge in [0.25, 0.3) is 0 Å². The van der Waals surface area contributed by atoms with Crippen molar-refractivity contribution >= 4 is 43.6 Å². The lowest BCUT2D eigenvalue weighted by Crippen LogP contribution is -2.31. The molecule has 0 fully saturated rings. The van der Waals surface area contributed by atoms with Crippen LogP contribution in [0.15, 0.2) is 158 Å². The monoisotopic (exact) mass is 564 g/mol. The summed E-state index contributed by atoms with van der Waals surface area (Å²) in [5, 5.41) is 4.96. The molecule has 9 rings (SSSR count). The van der Waals surface area contributed by atoms with Crippen molar-refractivity contribution in [2.45, 2.75) is 0 Å². The van der Waals surface area contributed by atoms with Gasteiger partial charge in [-0.15, -0.1) is 0 Å². The summed E-state index contributed by atoms with van der Waals surface area (Å²) in [6.07, 6.45) is 3.65. The van der Waals surface area contributed by atoms with Gasteiger partial charge in [-0.05, 0) is 66.7 Å². The van der Waals surface area contributed by atoms with Gasteiger partial charge in [-0.3, -0.25) is 0 Å². The zero-order valence-corrected chi connectivity index (χ0v) is 23.7. The fourth-order valence-corrected chi connectivity index (χ4v) is 6.53. The number of aromatic nitrogens is 5. The van der Waals surface area contributed by atoms with Gasteiger partial charge in [-0.2, -0.15) is 0 Å². The van der Waals surface area contributed by atoms with Crippen molar-refractivity contribution in [3.63, 3.8) is 0 Å². The Labute approximate surface area is 253 Å². The van der Waals surface area contributed by atoms with E-state index < -0.39 is 0 Å². The first-order valence-corrected chi connectivity index (χ1v) is 14.7. The quantitative estimate of drug-likeness (QED) is 0.201. The molecule has 0 radical (unpaired) electrons. The molecule has 0 saturated carbocycles. The van der Waals surface area contributed by atoms with Crippen LogP contribution in [0.1, 0.15) is 0 Å². The van der Waals surface area contributed by atoms with Gasteiger partial charge in [0.1, 0.15) is 5.69 Å². The molecule has 0 bridgehead atoms. The smallest absolute Gasteiger partial charge is 0.307 e. The highest BCUT2D eigenvalue weighted by atomic mass is 15.1. The van der Waals surface area contributed by atoms with Gasteiger partial charge >= 0.3 is 5.82 Å². The summed E-state index contributed by atoms with van der Waals surface area (Å²) in [6, 6.07) is 51.3. The van der Waals surface area contributed by atoms with Crippen LogP contribution in [0.4, 0.5) is 0 Å². The van der Waals surface area contributed by atoms with Crippen LogP contribution in [-0.2, 0) is 0 Å². The Morgan fingerprint density at radius 2 is 0.955 bits per heavy atom. The Balaban J connectivity index is 1.27. The number of fused-ring (bicyclic) bond motifs is 6. The van der Waals surface area contributed by atoms with Crippen LogP contribution in [0.2, 0.25) is 0 Å². The number of nitrogens with zero attached hydrogens (tertiary/aromatic N) is 5. The minimum absolute atomic E-state index is 0.686. The SMILES string of the molecule is c1ccc(-n2c3ccccc3c3cc4c5ccccc5n(-c5cccc(-c6nc[n+](-c7ccccc7)cn6)c5)c4cc32)cc1. The van der Waals surface area contributed by atoms with Gasteiger partial charge in [-0.25, -0.2) is 4.57 Å². The standard InChI is InChI=1S/C39H26N5/c1-3-13-28(14-4-1)42-25-40-39(41-26-42)27-12-11-17-30(22-27)44-36-21-10-8-19-32(36)34-23-33-31-18-7-9-20-35(31)43(37(33)24-38(34)44)29-15-5-2-6-16-29/h1-26H/q+1. The first-order chi connectivity index (χ1) is 21.8. The molecule has 0 aliphatic heterocycles. The van der Waals surface area contributed by atoms with Gasteiger partial charge < -0.3 is 9.13 Å². The molecule has 0 saturated heterocycles. The molecule has 206 valence electrons. The second-order valence-electron chi connectivity index (χ2n) is 11.0. The third-order valence-corrected chi connectivity index (χ3v) is 8.51. The van der Waals surface area contributed by atoms with E-state index in [2.05, 4.69) is 124 Å². The van der Waals surface area contributed by atoms with Crippen LogP contribution in [0.25, 0.3) is 72.1 Å². The van der Waals surface area contributed by atoms with Crippen molar-refractivity contribution < 1.29 is 4.57 Å². The number of hydrogen-bond acceptors (Lipinski definition) is 2. The summed E-state index contributed by atoms with van der Waals surface area (Å²) in [6.45, 7) is 0. The Kier molecular flexibility index (Phi) is 5.43. The average Bonchev–Trinajstić information content (AvgIpc) is 3.60. The zero-order valence-electron chi connectivity index (χ0n) is 23.7. The number of para-hydroxylation sites is 4. The molecule has 3 heterocycles. The predicted molar refractivity (Wildman–Crippen MR) is 178 cm³/mol. The van der Waals surface area contributed by atoms with Crippen LogP contribution < -0.4 is 4.57 Å². The zero-order chi connectivity index (χ0) is 29.0. The summed E-state index contributed by atoms with van der Waals surface area (Å²) >= 11 is 0. The summed E-state index contributed by atoms with van der Waals surface area (Å²) in [5.74, 6) is 0.686. The lowest BCUT2D eigenvalue weighted by atomic mass is 10.1. The molecule has 0 aliphatic rings. The highest BCUT2D eigenvalue weighted by molar-refractivity contribution is 6.19. The topological polar surface area (TPSA) is 39.5 Å². The third-order valence-electron chi connectivity index (χ3n) is 8.51. The van der Waals surface area contributed by atoms with Crippen LogP contribution in [0.5, 0.6) is 0 Å². The van der Waals surface area contributed by atoms with Crippen molar-refractivity contribution in [2.24, 2.45) is 0 Å². The molecule has 0 spiro atoms. The molecule has 5 nitrogen and oxygen atoms in total. The van der Waals surface area contributed by atoms with E-state index in [0.29, 0.717) is 5.82 Å². The van der Waals surface area contributed by atoms with Gasteiger partial charge in [-0.1, -0.05) is 88.8 Å². The lowest BCUT2D eigenvalue weighted by Gasteiger charge is -2.10. The highest BCUT2D eigenvalue weighted by Crippen LogP contribution is 2.39. The fourth-order valence-electron chi connectivity index (χ4n) is 6.53. The van der Waals surface area contributed by atoms with E-state index in [1.165, 1.54) is 38.1 Å². The average molecular weight is 565 g/mol. The highest BCUT2D eigenvalue weighted by Gasteiger charge is 2.19. The maximum Gasteiger partial charge on any atom is 0.307 e. The number of hydrogen-bond donors (Lipinski definition) is 0. The Morgan fingerprint density at radius 3 is 1.61 bits per heavy atom. The van der Waals surface area contributed by atoms with Crippen molar-refractivity contribution in [3.8, 4) is 28.5 Å². The molecule has 6 aromatic carbocycles. The predicted octanol–water partition coefficient (Wildman–Crippen LogP) is 8.61. The molecule has 44 heavy (non-hydrogen) atoms. The van der Waals surface area contributed by atoms with E-state index in [9.17, 15) is 0 Å².